The summed E-state index contributed by atoms with van der Waals surface area (Å²) in [7, 11) is 1.65. The first kappa shape index (κ1) is 17.4. The summed E-state index contributed by atoms with van der Waals surface area (Å²) in [5, 5.41) is 0. The molecule has 3 rings (SSSR count). The molecule has 2 aromatic carbocycles. The molecule has 4 nitrogen and oxygen atoms in total. The van der Waals surface area contributed by atoms with Gasteiger partial charge in [0, 0.05) is 17.1 Å². The number of thioether (sulfide) groups is 1. The van der Waals surface area contributed by atoms with E-state index in [9.17, 15) is 0 Å². The normalized spacial score (nSPS) is 10.6. The van der Waals surface area contributed by atoms with Gasteiger partial charge in [-0.1, -0.05) is 18.2 Å². The maximum atomic E-state index is 5.79. The van der Waals surface area contributed by atoms with E-state index in [2.05, 4.69) is 18.0 Å². The van der Waals surface area contributed by atoms with Crippen molar-refractivity contribution in [3.8, 4) is 23.0 Å². The number of rotatable bonds is 8. The molecule has 1 aromatic heterocycles. The topological polar surface area (TPSA) is 44.5 Å². The van der Waals surface area contributed by atoms with E-state index >= 15 is 0 Å². The SMILES string of the molecule is COc1ccc(-c2nc(CSCCOc3ccccc3C)co2)cc1. The lowest BCUT2D eigenvalue weighted by atomic mass is 10.2. The number of hydrogen-bond donors (Lipinski definition) is 0. The van der Waals surface area contributed by atoms with Crippen LogP contribution in [0, 0.1) is 6.92 Å². The molecule has 0 aliphatic rings. The molecule has 0 N–H and O–H groups in total. The summed E-state index contributed by atoms with van der Waals surface area (Å²) in [4.78, 5) is 4.54. The quantitative estimate of drug-likeness (QED) is 0.534. The van der Waals surface area contributed by atoms with Crippen molar-refractivity contribution in [2.75, 3.05) is 19.5 Å². The third-order valence-corrected chi connectivity index (χ3v) is 4.67. The summed E-state index contributed by atoms with van der Waals surface area (Å²) in [6.45, 7) is 2.73. The van der Waals surface area contributed by atoms with Crippen molar-refractivity contribution in [3.63, 3.8) is 0 Å². The Bertz CT molecular complexity index is 799. The molecular weight excluding hydrogens is 334 g/mol. The van der Waals surface area contributed by atoms with Crippen molar-refractivity contribution in [2.24, 2.45) is 0 Å². The summed E-state index contributed by atoms with van der Waals surface area (Å²) in [6.07, 6.45) is 1.72. The van der Waals surface area contributed by atoms with Gasteiger partial charge < -0.3 is 13.9 Å². The van der Waals surface area contributed by atoms with Crippen molar-refractivity contribution >= 4 is 11.8 Å². The van der Waals surface area contributed by atoms with E-state index in [0.717, 1.165) is 39.8 Å². The highest BCUT2D eigenvalue weighted by Gasteiger charge is 2.07. The second-order valence-corrected chi connectivity index (χ2v) is 6.64. The number of hydrogen-bond acceptors (Lipinski definition) is 5. The van der Waals surface area contributed by atoms with Crippen LogP contribution in [0.1, 0.15) is 11.3 Å². The summed E-state index contributed by atoms with van der Waals surface area (Å²) in [5.74, 6) is 4.11. The number of benzene rings is 2. The average molecular weight is 355 g/mol. The Morgan fingerprint density at radius 3 is 2.64 bits per heavy atom. The third kappa shape index (κ3) is 4.79. The van der Waals surface area contributed by atoms with Crippen LogP contribution in [0.3, 0.4) is 0 Å². The van der Waals surface area contributed by atoms with Crippen molar-refractivity contribution < 1.29 is 13.9 Å². The summed E-state index contributed by atoms with van der Waals surface area (Å²) in [5.41, 5.74) is 3.04. The van der Waals surface area contributed by atoms with Gasteiger partial charge in [0.1, 0.15) is 17.8 Å². The van der Waals surface area contributed by atoms with Crippen LogP contribution >= 0.6 is 11.8 Å². The van der Waals surface area contributed by atoms with Gasteiger partial charge in [0.25, 0.3) is 0 Å². The van der Waals surface area contributed by atoms with Gasteiger partial charge in [-0.25, -0.2) is 4.98 Å². The predicted octanol–water partition coefficient (Wildman–Crippen LogP) is 4.97. The van der Waals surface area contributed by atoms with Crippen LogP contribution in [-0.2, 0) is 5.75 Å². The number of para-hydroxylation sites is 1. The first-order chi connectivity index (χ1) is 12.3. The van der Waals surface area contributed by atoms with Gasteiger partial charge in [-0.15, -0.1) is 0 Å². The Morgan fingerprint density at radius 1 is 1.08 bits per heavy atom. The highest BCUT2D eigenvalue weighted by Crippen LogP contribution is 2.23. The number of methoxy groups -OCH3 is 1. The molecular formula is C20H21NO3S. The molecule has 0 unspecified atom stereocenters. The van der Waals surface area contributed by atoms with Gasteiger partial charge in [-0.3, -0.25) is 0 Å². The molecule has 130 valence electrons. The fourth-order valence-electron chi connectivity index (χ4n) is 2.35. The standard InChI is InChI=1S/C20H21NO3S/c1-15-5-3-4-6-19(15)23-11-12-25-14-17-13-24-20(21-17)16-7-9-18(22-2)10-8-16/h3-10,13H,11-12,14H2,1-2H3. The maximum absolute atomic E-state index is 5.79. The molecule has 0 saturated heterocycles. The van der Waals surface area contributed by atoms with E-state index in [-0.39, 0.29) is 0 Å². The zero-order chi connectivity index (χ0) is 17.5. The second kappa shape index (κ2) is 8.62. The largest absolute Gasteiger partial charge is 0.497 e. The molecule has 0 spiro atoms. The number of aryl methyl sites for hydroxylation is 1. The van der Waals surface area contributed by atoms with Crippen molar-refractivity contribution in [3.05, 3.63) is 66.1 Å². The minimum atomic E-state index is 0.634. The first-order valence-corrected chi connectivity index (χ1v) is 9.27. The van der Waals surface area contributed by atoms with Gasteiger partial charge in [-0.2, -0.15) is 11.8 Å². The van der Waals surface area contributed by atoms with Gasteiger partial charge in [0.2, 0.25) is 5.89 Å². The number of aromatic nitrogens is 1. The van der Waals surface area contributed by atoms with E-state index in [1.165, 1.54) is 0 Å². The Hall–Kier alpha value is -2.40. The van der Waals surface area contributed by atoms with Gasteiger partial charge in [0.05, 0.1) is 19.4 Å². The molecule has 0 saturated carbocycles. The third-order valence-electron chi connectivity index (χ3n) is 3.72. The maximum Gasteiger partial charge on any atom is 0.226 e. The molecule has 25 heavy (non-hydrogen) atoms. The van der Waals surface area contributed by atoms with E-state index in [0.29, 0.717) is 12.5 Å². The molecule has 0 radical (unpaired) electrons. The molecule has 0 atom stereocenters. The fourth-order valence-corrected chi connectivity index (χ4v) is 3.03. The zero-order valence-corrected chi connectivity index (χ0v) is 15.2. The smallest absolute Gasteiger partial charge is 0.226 e. The Balaban J connectivity index is 1.45. The number of oxazole rings is 1. The second-order valence-electron chi connectivity index (χ2n) is 5.54. The lowest BCUT2D eigenvalue weighted by Gasteiger charge is -2.07. The minimum Gasteiger partial charge on any atom is -0.497 e. The van der Waals surface area contributed by atoms with Gasteiger partial charge >= 0.3 is 0 Å². The lowest BCUT2D eigenvalue weighted by molar-refractivity contribution is 0.341. The fraction of sp³-hybridized carbons (Fsp3) is 0.250. The number of nitrogens with zero attached hydrogens (tertiary/aromatic N) is 1. The van der Waals surface area contributed by atoms with Crippen LogP contribution in [0.25, 0.3) is 11.5 Å². The Labute approximate surface area is 152 Å². The highest BCUT2D eigenvalue weighted by molar-refractivity contribution is 7.98. The van der Waals surface area contributed by atoms with E-state index in [1.54, 1.807) is 25.1 Å². The van der Waals surface area contributed by atoms with Crippen LogP contribution < -0.4 is 9.47 Å². The first-order valence-electron chi connectivity index (χ1n) is 8.11. The van der Waals surface area contributed by atoms with Crippen LogP contribution in [0.4, 0.5) is 0 Å². The van der Waals surface area contributed by atoms with Crippen LogP contribution in [0.5, 0.6) is 11.5 Å². The summed E-state index contributed by atoms with van der Waals surface area (Å²) in [6, 6.07) is 15.7. The molecule has 3 aromatic rings. The minimum absolute atomic E-state index is 0.634. The van der Waals surface area contributed by atoms with Crippen molar-refractivity contribution in [1.29, 1.82) is 0 Å². The summed E-state index contributed by atoms with van der Waals surface area (Å²) < 4.78 is 16.5. The average Bonchev–Trinajstić information content (AvgIpc) is 3.12. The summed E-state index contributed by atoms with van der Waals surface area (Å²) >= 11 is 1.78. The molecule has 0 aliphatic heterocycles. The van der Waals surface area contributed by atoms with Crippen LogP contribution in [-0.4, -0.2) is 24.5 Å². The molecule has 5 heteroatoms. The molecule has 0 bridgehead atoms. The van der Waals surface area contributed by atoms with E-state index in [4.69, 9.17) is 13.9 Å². The van der Waals surface area contributed by atoms with Crippen molar-refractivity contribution in [1.82, 2.24) is 4.98 Å². The lowest BCUT2D eigenvalue weighted by Crippen LogP contribution is -2.01. The van der Waals surface area contributed by atoms with E-state index < -0.39 is 0 Å². The van der Waals surface area contributed by atoms with Crippen LogP contribution in [0.15, 0.2) is 59.2 Å². The molecule has 0 aliphatic carbocycles. The monoisotopic (exact) mass is 355 g/mol. The molecule has 1 heterocycles. The van der Waals surface area contributed by atoms with Crippen LogP contribution in [0.2, 0.25) is 0 Å². The van der Waals surface area contributed by atoms with Crippen molar-refractivity contribution in [2.45, 2.75) is 12.7 Å². The number of ether oxygens (including phenoxy) is 2. The predicted molar refractivity (Wildman–Crippen MR) is 101 cm³/mol. The van der Waals surface area contributed by atoms with Gasteiger partial charge in [-0.05, 0) is 42.8 Å². The van der Waals surface area contributed by atoms with E-state index in [1.807, 2.05) is 42.5 Å². The zero-order valence-electron chi connectivity index (χ0n) is 14.4. The Kier molecular flexibility index (Phi) is 6.01. The Morgan fingerprint density at radius 2 is 1.88 bits per heavy atom. The van der Waals surface area contributed by atoms with Gasteiger partial charge in [0.15, 0.2) is 0 Å². The molecule has 0 fully saturated rings. The molecule has 0 amide bonds. The highest BCUT2D eigenvalue weighted by atomic mass is 32.2.